The number of hydrogen-bond donors (Lipinski definition) is 1. The summed E-state index contributed by atoms with van der Waals surface area (Å²) >= 11 is 0. The van der Waals surface area contributed by atoms with E-state index in [1.165, 1.54) is 31.9 Å². The highest BCUT2D eigenvalue weighted by Gasteiger charge is 2.16. The third-order valence-corrected chi connectivity index (χ3v) is 3.23. The Labute approximate surface area is 101 Å². The van der Waals surface area contributed by atoms with Gasteiger partial charge in [0.15, 0.2) is 0 Å². The SMILES string of the molecule is Nc1ccc(C(=O)OCCC2CCCC2)nc1. The highest BCUT2D eigenvalue weighted by Crippen LogP contribution is 2.27. The molecule has 0 saturated heterocycles. The third-order valence-electron chi connectivity index (χ3n) is 3.23. The zero-order chi connectivity index (χ0) is 12.1. The molecule has 0 amide bonds. The minimum atomic E-state index is -0.358. The Balaban J connectivity index is 1.75. The van der Waals surface area contributed by atoms with E-state index in [0.29, 0.717) is 18.0 Å². The molecule has 1 aromatic rings. The smallest absolute Gasteiger partial charge is 0.356 e. The highest BCUT2D eigenvalue weighted by atomic mass is 16.5. The Hall–Kier alpha value is -1.58. The van der Waals surface area contributed by atoms with Gasteiger partial charge in [-0.3, -0.25) is 0 Å². The van der Waals surface area contributed by atoms with E-state index >= 15 is 0 Å². The second kappa shape index (κ2) is 5.66. The quantitative estimate of drug-likeness (QED) is 0.812. The van der Waals surface area contributed by atoms with Gasteiger partial charge in [0.25, 0.3) is 0 Å². The summed E-state index contributed by atoms with van der Waals surface area (Å²) in [5.74, 6) is 0.380. The third kappa shape index (κ3) is 3.44. The van der Waals surface area contributed by atoms with Crippen LogP contribution in [0.2, 0.25) is 0 Å². The number of aromatic nitrogens is 1. The van der Waals surface area contributed by atoms with Gasteiger partial charge in [-0.2, -0.15) is 0 Å². The second-order valence-electron chi connectivity index (χ2n) is 4.55. The molecule has 4 nitrogen and oxygen atoms in total. The van der Waals surface area contributed by atoms with E-state index in [1.54, 1.807) is 12.1 Å². The van der Waals surface area contributed by atoms with E-state index in [0.717, 1.165) is 12.3 Å². The van der Waals surface area contributed by atoms with Gasteiger partial charge in [-0.1, -0.05) is 25.7 Å². The monoisotopic (exact) mass is 234 g/mol. The molecule has 1 aromatic heterocycles. The van der Waals surface area contributed by atoms with Crippen LogP contribution in [0.3, 0.4) is 0 Å². The van der Waals surface area contributed by atoms with Crippen LogP contribution >= 0.6 is 0 Å². The molecular formula is C13H18N2O2. The van der Waals surface area contributed by atoms with Crippen molar-refractivity contribution < 1.29 is 9.53 Å². The lowest BCUT2D eigenvalue weighted by molar-refractivity contribution is 0.0476. The van der Waals surface area contributed by atoms with Crippen LogP contribution in [0.4, 0.5) is 5.69 Å². The Kier molecular flexibility index (Phi) is 3.96. The Bertz CT molecular complexity index is 370. The first kappa shape index (κ1) is 11.9. The van der Waals surface area contributed by atoms with Crippen molar-refractivity contribution in [2.24, 2.45) is 5.92 Å². The lowest BCUT2D eigenvalue weighted by Crippen LogP contribution is -2.10. The molecule has 0 bridgehead atoms. The molecular weight excluding hydrogens is 216 g/mol. The van der Waals surface area contributed by atoms with Crippen molar-refractivity contribution in [3.05, 3.63) is 24.0 Å². The molecule has 17 heavy (non-hydrogen) atoms. The van der Waals surface area contributed by atoms with Gasteiger partial charge in [-0.15, -0.1) is 0 Å². The van der Waals surface area contributed by atoms with E-state index < -0.39 is 0 Å². The van der Waals surface area contributed by atoms with E-state index in [9.17, 15) is 4.79 Å². The summed E-state index contributed by atoms with van der Waals surface area (Å²) < 4.78 is 5.19. The summed E-state index contributed by atoms with van der Waals surface area (Å²) in [4.78, 5) is 15.5. The van der Waals surface area contributed by atoms with Crippen LogP contribution in [0.1, 0.15) is 42.6 Å². The van der Waals surface area contributed by atoms with Gasteiger partial charge in [0.1, 0.15) is 5.69 Å². The van der Waals surface area contributed by atoms with Crippen molar-refractivity contribution in [3.63, 3.8) is 0 Å². The minimum Gasteiger partial charge on any atom is -0.461 e. The number of hydrogen-bond acceptors (Lipinski definition) is 4. The number of pyridine rings is 1. The normalized spacial score (nSPS) is 16.0. The van der Waals surface area contributed by atoms with Crippen LogP contribution in [0, 0.1) is 5.92 Å². The summed E-state index contributed by atoms with van der Waals surface area (Å²) in [5.41, 5.74) is 6.37. The molecule has 0 unspecified atom stereocenters. The van der Waals surface area contributed by atoms with Crippen molar-refractivity contribution in [2.75, 3.05) is 12.3 Å². The fourth-order valence-corrected chi connectivity index (χ4v) is 2.22. The van der Waals surface area contributed by atoms with Crippen LogP contribution in [0.15, 0.2) is 18.3 Å². The van der Waals surface area contributed by atoms with E-state index in [2.05, 4.69) is 4.98 Å². The zero-order valence-electron chi connectivity index (χ0n) is 9.89. The number of rotatable bonds is 4. The van der Waals surface area contributed by atoms with Gasteiger partial charge in [0.2, 0.25) is 0 Å². The average molecular weight is 234 g/mol. The maximum atomic E-state index is 11.6. The lowest BCUT2D eigenvalue weighted by Gasteiger charge is -2.09. The summed E-state index contributed by atoms with van der Waals surface area (Å²) in [6.07, 6.45) is 7.62. The molecule has 1 fully saturated rings. The molecule has 1 saturated carbocycles. The van der Waals surface area contributed by atoms with Crippen LogP contribution < -0.4 is 5.73 Å². The fourth-order valence-electron chi connectivity index (χ4n) is 2.22. The maximum Gasteiger partial charge on any atom is 0.356 e. The molecule has 2 rings (SSSR count). The minimum absolute atomic E-state index is 0.325. The Morgan fingerprint density at radius 2 is 2.18 bits per heavy atom. The predicted molar refractivity (Wildman–Crippen MR) is 65.5 cm³/mol. The second-order valence-corrected chi connectivity index (χ2v) is 4.55. The van der Waals surface area contributed by atoms with Gasteiger partial charge in [-0.05, 0) is 24.5 Å². The first-order chi connectivity index (χ1) is 8.25. The molecule has 4 heteroatoms. The summed E-state index contributed by atoms with van der Waals surface area (Å²) in [6.45, 7) is 0.496. The van der Waals surface area contributed by atoms with Crippen molar-refractivity contribution in [1.82, 2.24) is 4.98 Å². The van der Waals surface area contributed by atoms with Crippen LogP contribution in [-0.4, -0.2) is 17.6 Å². The Morgan fingerprint density at radius 3 is 2.82 bits per heavy atom. The molecule has 0 spiro atoms. The lowest BCUT2D eigenvalue weighted by atomic mass is 10.1. The van der Waals surface area contributed by atoms with Crippen molar-refractivity contribution in [2.45, 2.75) is 32.1 Å². The van der Waals surface area contributed by atoms with Gasteiger partial charge in [0, 0.05) is 0 Å². The van der Waals surface area contributed by atoms with E-state index in [4.69, 9.17) is 10.5 Å². The molecule has 1 aliphatic carbocycles. The van der Waals surface area contributed by atoms with Crippen molar-refractivity contribution in [3.8, 4) is 0 Å². The van der Waals surface area contributed by atoms with Crippen LogP contribution in [0.5, 0.6) is 0 Å². The van der Waals surface area contributed by atoms with E-state index in [-0.39, 0.29) is 5.97 Å². The summed E-state index contributed by atoms with van der Waals surface area (Å²) in [7, 11) is 0. The molecule has 0 aromatic carbocycles. The molecule has 0 aliphatic heterocycles. The number of ether oxygens (including phenoxy) is 1. The fraction of sp³-hybridized carbons (Fsp3) is 0.538. The zero-order valence-corrected chi connectivity index (χ0v) is 9.89. The predicted octanol–water partition coefficient (Wildman–Crippen LogP) is 2.40. The highest BCUT2D eigenvalue weighted by molar-refractivity contribution is 5.87. The number of anilines is 1. The van der Waals surface area contributed by atoms with Gasteiger partial charge in [0.05, 0.1) is 18.5 Å². The Morgan fingerprint density at radius 1 is 1.41 bits per heavy atom. The largest absolute Gasteiger partial charge is 0.461 e. The summed E-state index contributed by atoms with van der Waals surface area (Å²) in [5, 5.41) is 0. The number of carbonyl (C=O) groups excluding carboxylic acids is 1. The van der Waals surface area contributed by atoms with Crippen LogP contribution in [-0.2, 0) is 4.74 Å². The topological polar surface area (TPSA) is 65.2 Å². The van der Waals surface area contributed by atoms with Gasteiger partial charge in [-0.25, -0.2) is 9.78 Å². The van der Waals surface area contributed by atoms with Crippen LogP contribution in [0.25, 0.3) is 0 Å². The van der Waals surface area contributed by atoms with Gasteiger partial charge < -0.3 is 10.5 Å². The molecule has 1 heterocycles. The standard InChI is InChI=1S/C13H18N2O2/c14-11-5-6-12(15-9-11)13(16)17-8-7-10-3-1-2-4-10/h5-6,9-10H,1-4,7-8,14H2. The van der Waals surface area contributed by atoms with Crippen molar-refractivity contribution in [1.29, 1.82) is 0 Å². The number of nitrogen functional groups attached to an aromatic ring is 1. The molecule has 92 valence electrons. The molecule has 0 radical (unpaired) electrons. The average Bonchev–Trinajstić information content (AvgIpc) is 2.83. The molecule has 1 aliphatic rings. The number of nitrogens with zero attached hydrogens (tertiary/aromatic N) is 1. The van der Waals surface area contributed by atoms with Crippen molar-refractivity contribution >= 4 is 11.7 Å². The van der Waals surface area contributed by atoms with Gasteiger partial charge >= 0.3 is 5.97 Å². The first-order valence-electron chi connectivity index (χ1n) is 6.14. The number of esters is 1. The number of nitrogens with two attached hydrogens (primary N) is 1. The first-order valence-corrected chi connectivity index (χ1v) is 6.14. The summed E-state index contributed by atoms with van der Waals surface area (Å²) in [6, 6.07) is 3.24. The molecule has 2 N–H and O–H groups in total. The maximum absolute atomic E-state index is 11.6. The number of carbonyl (C=O) groups is 1. The van der Waals surface area contributed by atoms with E-state index in [1.807, 2.05) is 0 Å². The molecule has 0 atom stereocenters.